The minimum atomic E-state index is -0.266. The predicted octanol–water partition coefficient (Wildman–Crippen LogP) is 3.05. The van der Waals surface area contributed by atoms with Crippen LogP contribution in [0.3, 0.4) is 0 Å². The molecule has 1 aliphatic carbocycles. The van der Waals surface area contributed by atoms with Crippen molar-refractivity contribution in [2.24, 2.45) is 5.92 Å². The number of carbonyl (C=O) groups is 1. The van der Waals surface area contributed by atoms with Crippen LogP contribution < -0.4 is 15.4 Å². The van der Waals surface area contributed by atoms with E-state index in [1.54, 1.807) is 7.11 Å². The molecule has 0 unspecified atom stereocenters. The second-order valence-electron chi connectivity index (χ2n) is 6.46. The van der Waals surface area contributed by atoms with E-state index in [4.69, 9.17) is 14.3 Å². The topological polar surface area (TPSA) is 83.7 Å². The van der Waals surface area contributed by atoms with Crippen LogP contribution >= 0.6 is 0 Å². The van der Waals surface area contributed by atoms with E-state index in [0.29, 0.717) is 0 Å². The zero-order valence-electron chi connectivity index (χ0n) is 14.7. The van der Waals surface area contributed by atoms with Crippen molar-refractivity contribution in [3.63, 3.8) is 0 Å². The summed E-state index contributed by atoms with van der Waals surface area (Å²) in [6.07, 6.45) is 4.58. The first-order valence-electron chi connectivity index (χ1n) is 8.45. The van der Waals surface area contributed by atoms with Crippen molar-refractivity contribution in [2.45, 2.75) is 32.4 Å². The lowest BCUT2D eigenvalue weighted by atomic mass is 10.1. The van der Waals surface area contributed by atoms with Crippen molar-refractivity contribution in [1.29, 1.82) is 0 Å². The summed E-state index contributed by atoms with van der Waals surface area (Å²) in [5, 5.41) is 15.9. The third-order valence-electron chi connectivity index (χ3n) is 4.64. The van der Waals surface area contributed by atoms with Crippen LogP contribution in [0.2, 0.25) is 0 Å². The van der Waals surface area contributed by atoms with Crippen LogP contribution in [0.4, 0.5) is 4.79 Å². The molecule has 3 rings (SSSR count). The van der Waals surface area contributed by atoms with Gasteiger partial charge in [-0.25, -0.2) is 4.79 Å². The highest BCUT2D eigenvalue weighted by molar-refractivity contribution is 5.84. The second-order valence-corrected chi connectivity index (χ2v) is 6.46. The fraction of sp³-hybridized carbons (Fsp3) is 0.421. The van der Waals surface area contributed by atoms with Gasteiger partial charge in [0.05, 0.1) is 13.2 Å². The summed E-state index contributed by atoms with van der Waals surface area (Å²) < 4.78 is 11.2. The van der Waals surface area contributed by atoms with E-state index >= 15 is 0 Å². The van der Waals surface area contributed by atoms with Crippen LogP contribution in [-0.2, 0) is 0 Å². The van der Waals surface area contributed by atoms with E-state index in [2.05, 4.69) is 10.6 Å². The number of aryl methyl sites for hydroxylation is 1. The number of urea groups is 1. The zero-order chi connectivity index (χ0) is 18.0. The Balaban J connectivity index is 1.67. The van der Waals surface area contributed by atoms with Gasteiger partial charge in [-0.2, -0.15) is 0 Å². The van der Waals surface area contributed by atoms with Crippen LogP contribution in [0.15, 0.2) is 34.8 Å². The first-order chi connectivity index (χ1) is 12.0. The van der Waals surface area contributed by atoms with Crippen molar-refractivity contribution in [3.8, 4) is 5.75 Å². The lowest BCUT2D eigenvalue weighted by Gasteiger charge is -2.17. The van der Waals surface area contributed by atoms with Crippen molar-refractivity contribution < 1.29 is 19.1 Å². The van der Waals surface area contributed by atoms with Gasteiger partial charge in [-0.05, 0) is 38.5 Å². The number of furan rings is 1. The Morgan fingerprint density at radius 3 is 2.92 bits per heavy atom. The molecule has 0 bridgehead atoms. The van der Waals surface area contributed by atoms with Crippen LogP contribution in [0.25, 0.3) is 11.0 Å². The highest BCUT2D eigenvalue weighted by Gasteiger charge is 2.22. The molecule has 3 N–H and O–H groups in total. The maximum absolute atomic E-state index is 12.2. The molecular formula is C19H24N2O4. The van der Waals surface area contributed by atoms with Gasteiger partial charge in [-0.15, -0.1) is 0 Å². The van der Waals surface area contributed by atoms with E-state index in [9.17, 15) is 4.79 Å². The minimum Gasteiger partial charge on any atom is -0.497 e. The number of hydrogen-bond acceptors (Lipinski definition) is 4. The van der Waals surface area contributed by atoms with Gasteiger partial charge in [0.15, 0.2) is 0 Å². The Kier molecular flexibility index (Phi) is 4.99. The molecule has 0 fully saturated rings. The van der Waals surface area contributed by atoms with Gasteiger partial charge in [-0.3, -0.25) is 0 Å². The first kappa shape index (κ1) is 17.4. The highest BCUT2D eigenvalue weighted by atomic mass is 16.5. The molecule has 1 heterocycles. The summed E-state index contributed by atoms with van der Waals surface area (Å²) >= 11 is 0. The Morgan fingerprint density at radius 2 is 2.24 bits per heavy atom. The molecule has 25 heavy (non-hydrogen) atoms. The largest absolute Gasteiger partial charge is 0.497 e. The first-order valence-corrected chi connectivity index (χ1v) is 8.45. The summed E-state index contributed by atoms with van der Waals surface area (Å²) in [5.74, 6) is 1.62. The summed E-state index contributed by atoms with van der Waals surface area (Å²) in [5.41, 5.74) is 1.76. The Morgan fingerprint density at radius 1 is 1.44 bits per heavy atom. The standard InChI is InChI=1S/C19H24N2O4/c1-11-16-9-15(24-3)6-7-17(16)25-18(11)12(2)20-19(23)21-14-5-4-13(8-14)10-22/h4-7,9,12-14,22H,8,10H2,1-3H3,(H2,20,21,23)/t12-,13+,14-/m1/s1. The third-order valence-corrected chi connectivity index (χ3v) is 4.64. The fourth-order valence-electron chi connectivity index (χ4n) is 3.25. The normalized spacial score (nSPS) is 20.6. The van der Waals surface area contributed by atoms with E-state index in [1.807, 2.05) is 44.2 Å². The van der Waals surface area contributed by atoms with E-state index in [1.165, 1.54) is 0 Å². The SMILES string of the molecule is COc1ccc2oc([C@@H](C)NC(=O)N[C@@H]3C=C[C@H](CO)C3)c(C)c2c1. The molecule has 134 valence electrons. The van der Waals surface area contributed by atoms with Crippen molar-refractivity contribution in [2.75, 3.05) is 13.7 Å². The van der Waals surface area contributed by atoms with Crippen LogP contribution in [0, 0.1) is 12.8 Å². The summed E-state index contributed by atoms with van der Waals surface area (Å²) in [4.78, 5) is 12.2. The van der Waals surface area contributed by atoms with Gasteiger partial charge < -0.3 is 24.9 Å². The molecule has 2 aromatic rings. The molecule has 0 spiro atoms. The Labute approximate surface area is 146 Å². The summed E-state index contributed by atoms with van der Waals surface area (Å²) in [7, 11) is 1.63. The number of methoxy groups -OCH3 is 1. The maximum atomic E-state index is 12.2. The van der Waals surface area contributed by atoms with Crippen LogP contribution in [-0.4, -0.2) is 30.9 Å². The quantitative estimate of drug-likeness (QED) is 0.728. The molecule has 3 atom stereocenters. The lowest BCUT2D eigenvalue weighted by Crippen LogP contribution is -2.42. The fourth-order valence-corrected chi connectivity index (χ4v) is 3.25. The molecule has 6 heteroatoms. The van der Waals surface area contributed by atoms with Gasteiger partial charge in [0.2, 0.25) is 0 Å². The number of nitrogens with one attached hydrogen (secondary N) is 2. The minimum absolute atomic E-state index is 0.0506. The number of rotatable bonds is 5. The maximum Gasteiger partial charge on any atom is 0.315 e. The molecular weight excluding hydrogens is 320 g/mol. The van der Waals surface area contributed by atoms with Crippen molar-refractivity contribution >= 4 is 17.0 Å². The van der Waals surface area contributed by atoms with Crippen molar-refractivity contribution in [1.82, 2.24) is 10.6 Å². The molecule has 1 aliphatic rings. The number of carbonyl (C=O) groups excluding carboxylic acids is 1. The van der Waals surface area contributed by atoms with Gasteiger partial charge >= 0.3 is 6.03 Å². The zero-order valence-corrected chi connectivity index (χ0v) is 14.7. The Bertz CT molecular complexity index is 796. The van der Waals surface area contributed by atoms with Gasteiger partial charge in [0.25, 0.3) is 0 Å². The monoisotopic (exact) mass is 344 g/mol. The summed E-state index contributed by atoms with van der Waals surface area (Å²) in [6, 6.07) is 5.09. The number of fused-ring (bicyclic) bond motifs is 1. The molecule has 1 aromatic carbocycles. The number of ether oxygens (including phenoxy) is 1. The molecule has 6 nitrogen and oxygen atoms in total. The number of aliphatic hydroxyl groups excluding tert-OH is 1. The highest BCUT2D eigenvalue weighted by Crippen LogP contribution is 2.31. The summed E-state index contributed by atoms with van der Waals surface area (Å²) in [6.45, 7) is 3.97. The molecule has 1 aromatic heterocycles. The average Bonchev–Trinajstić information content (AvgIpc) is 3.18. The molecule has 2 amide bonds. The van der Waals surface area contributed by atoms with E-state index in [0.717, 1.165) is 34.5 Å². The number of hydrogen-bond donors (Lipinski definition) is 3. The van der Waals surface area contributed by atoms with E-state index in [-0.39, 0.29) is 30.6 Å². The van der Waals surface area contributed by atoms with Crippen molar-refractivity contribution in [3.05, 3.63) is 41.7 Å². The van der Waals surface area contributed by atoms with Crippen LogP contribution in [0.1, 0.15) is 30.7 Å². The average molecular weight is 344 g/mol. The smallest absolute Gasteiger partial charge is 0.315 e. The third kappa shape index (κ3) is 3.64. The van der Waals surface area contributed by atoms with Gasteiger partial charge in [0.1, 0.15) is 17.1 Å². The van der Waals surface area contributed by atoms with E-state index < -0.39 is 0 Å². The lowest BCUT2D eigenvalue weighted by molar-refractivity contribution is 0.228. The molecule has 0 saturated carbocycles. The number of benzene rings is 1. The predicted molar refractivity (Wildman–Crippen MR) is 95.7 cm³/mol. The Hall–Kier alpha value is -2.47. The van der Waals surface area contributed by atoms with Gasteiger partial charge in [0, 0.05) is 29.5 Å². The number of amides is 2. The molecule has 0 saturated heterocycles. The molecule has 0 aliphatic heterocycles. The van der Waals surface area contributed by atoms with Crippen LogP contribution in [0.5, 0.6) is 5.75 Å². The second kappa shape index (κ2) is 7.19. The number of aliphatic hydroxyl groups is 1. The molecule has 0 radical (unpaired) electrons. The van der Waals surface area contributed by atoms with Gasteiger partial charge in [-0.1, -0.05) is 12.2 Å².